The quantitative estimate of drug-likeness (QED) is 0.375. The molecule has 1 amide bonds. The number of methoxy groups -OCH3 is 3. The minimum absolute atomic E-state index is 0.0445. The minimum atomic E-state index is -1.08. The number of benzene rings is 3. The van der Waals surface area contributed by atoms with Crippen LogP contribution in [-0.2, 0) is 14.4 Å². The van der Waals surface area contributed by atoms with E-state index in [1.807, 2.05) is 48.5 Å². The van der Waals surface area contributed by atoms with Gasteiger partial charge in [-0.15, -0.1) is 0 Å². The number of Topliss-reactive ketones (excluding diaryl/α,β-unsaturated/α-hetero) is 1. The van der Waals surface area contributed by atoms with Crippen molar-refractivity contribution in [1.29, 1.82) is 0 Å². The molecule has 2 N–H and O–H groups in total. The monoisotopic (exact) mass is 556 g/mol. The standard InChI is InChI=1S/C32H32N2O7/c1-39-26-17-21(18-27(40-2)32(26)41-3)31-30-23(15-20(16-25(30)35)19-9-5-4-6-10-19)33-22-11-7-8-12-24(22)34(31)28(36)13-14-29(37)38/h4-12,17-18,20,31,33H,13-16H2,1-3H3,(H,37,38)/t20-,31-/m1/s1. The van der Waals surface area contributed by atoms with E-state index >= 15 is 0 Å². The van der Waals surface area contributed by atoms with E-state index in [9.17, 15) is 19.5 Å². The van der Waals surface area contributed by atoms with E-state index in [2.05, 4.69) is 5.32 Å². The van der Waals surface area contributed by atoms with Gasteiger partial charge in [-0.1, -0.05) is 42.5 Å². The lowest BCUT2D eigenvalue weighted by molar-refractivity contribution is -0.138. The Morgan fingerprint density at radius 3 is 2.17 bits per heavy atom. The van der Waals surface area contributed by atoms with Gasteiger partial charge in [-0.05, 0) is 47.7 Å². The topological polar surface area (TPSA) is 114 Å². The molecule has 0 saturated heterocycles. The molecule has 1 heterocycles. The number of para-hydroxylation sites is 2. The van der Waals surface area contributed by atoms with Crippen molar-refractivity contribution in [2.24, 2.45) is 0 Å². The van der Waals surface area contributed by atoms with Crippen molar-refractivity contribution >= 4 is 29.0 Å². The fraction of sp³-hybridized carbons (Fsp3) is 0.281. The number of anilines is 2. The zero-order valence-electron chi connectivity index (χ0n) is 23.2. The van der Waals surface area contributed by atoms with Crippen molar-refractivity contribution in [1.82, 2.24) is 0 Å². The number of aliphatic carboxylic acids is 1. The number of amides is 1. The second kappa shape index (κ2) is 11.8. The molecule has 9 nitrogen and oxygen atoms in total. The number of ether oxygens (including phenoxy) is 3. The number of nitrogens with zero attached hydrogens (tertiary/aromatic N) is 1. The molecule has 0 unspecified atom stereocenters. The Morgan fingerprint density at radius 2 is 1.54 bits per heavy atom. The number of ketones is 1. The van der Waals surface area contributed by atoms with E-state index in [0.717, 1.165) is 11.3 Å². The molecular weight excluding hydrogens is 524 g/mol. The van der Waals surface area contributed by atoms with Gasteiger partial charge in [0.2, 0.25) is 11.7 Å². The van der Waals surface area contributed by atoms with E-state index in [-0.39, 0.29) is 31.0 Å². The Morgan fingerprint density at radius 1 is 0.878 bits per heavy atom. The van der Waals surface area contributed by atoms with Gasteiger partial charge in [0.05, 0.1) is 45.2 Å². The third-order valence-electron chi connectivity index (χ3n) is 7.58. The Balaban J connectivity index is 1.75. The first kappa shape index (κ1) is 27.8. The lowest BCUT2D eigenvalue weighted by atomic mass is 9.78. The summed E-state index contributed by atoms with van der Waals surface area (Å²) in [4.78, 5) is 41.0. The number of carboxylic acids is 1. The van der Waals surface area contributed by atoms with Crippen LogP contribution >= 0.6 is 0 Å². The maximum Gasteiger partial charge on any atom is 0.303 e. The molecule has 2 aliphatic rings. The van der Waals surface area contributed by atoms with Gasteiger partial charge in [-0.2, -0.15) is 0 Å². The Hall–Kier alpha value is -4.79. The van der Waals surface area contributed by atoms with Crippen molar-refractivity contribution in [3.63, 3.8) is 0 Å². The number of nitrogens with one attached hydrogen (secondary N) is 1. The number of carbonyl (C=O) groups excluding carboxylic acids is 2. The second-order valence-corrected chi connectivity index (χ2v) is 9.99. The summed E-state index contributed by atoms with van der Waals surface area (Å²) < 4.78 is 16.8. The molecule has 3 aromatic rings. The number of hydrogen-bond donors (Lipinski definition) is 2. The van der Waals surface area contributed by atoms with Crippen LogP contribution in [0.5, 0.6) is 17.2 Å². The van der Waals surface area contributed by atoms with Crippen LogP contribution in [0.3, 0.4) is 0 Å². The molecule has 0 spiro atoms. The molecule has 0 bridgehead atoms. The van der Waals surface area contributed by atoms with Crippen LogP contribution in [0.15, 0.2) is 78.0 Å². The van der Waals surface area contributed by atoms with Crippen LogP contribution in [0.4, 0.5) is 11.4 Å². The molecule has 1 aliphatic heterocycles. The van der Waals surface area contributed by atoms with Crippen LogP contribution in [0.1, 0.15) is 48.8 Å². The fourth-order valence-corrected chi connectivity index (χ4v) is 5.74. The second-order valence-electron chi connectivity index (χ2n) is 9.99. The van der Waals surface area contributed by atoms with Gasteiger partial charge in [-0.3, -0.25) is 19.3 Å². The predicted octanol–water partition coefficient (Wildman–Crippen LogP) is 5.48. The predicted molar refractivity (Wildman–Crippen MR) is 154 cm³/mol. The maximum atomic E-state index is 14.1. The maximum absolute atomic E-state index is 14.1. The summed E-state index contributed by atoms with van der Waals surface area (Å²) in [6, 6.07) is 19.8. The van der Waals surface area contributed by atoms with Crippen molar-refractivity contribution < 1.29 is 33.7 Å². The van der Waals surface area contributed by atoms with Crippen LogP contribution in [0, 0.1) is 0 Å². The summed E-state index contributed by atoms with van der Waals surface area (Å²) in [6.45, 7) is 0. The van der Waals surface area contributed by atoms with Crippen molar-refractivity contribution in [3.8, 4) is 17.2 Å². The van der Waals surface area contributed by atoms with Gasteiger partial charge in [0.25, 0.3) is 0 Å². The average Bonchev–Trinajstić information content (AvgIpc) is 3.14. The highest BCUT2D eigenvalue weighted by atomic mass is 16.5. The largest absolute Gasteiger partial charge is 0.493 e. The molecule has 5 rings (SSSR count). The van der Waals surface area contributed by atoms with Gasteiger partial charge in [0.15, 0.2) is 17.3 Å². The zero-order chi connectivity index (χ0) is 29.1. The summed E-state index contributed by atoms with van der Waals surface area (Å²) in [6.07, 6.45) is 0.229. The number of carbonyl (C=O) groups is 3. The highest BCUT2D eigenvalue weighted by molar-refractivity contribution is 6.06. The summed E-state index contributed by atoms with van der Waals surface area (Å²) >= 11 is 0. The van der Waals surface area contributed by atoms with Crippen LogP contribution < -0.4 is 24.4 Å². The molecule has 1 aliphatic carbocycles. The van der Waals surface area contributed by atoms with Crippen LogP contribution in [0.25, 0.3) is 0 Å². The number of carboxylic acid groups (broad SMARTS) is 1. The first-order valence-corrected chi connectivity index (χ1v) is 13.4. The van der Waals surface area contributed by atoms with E-state index in [0.29, 0.717) is 46.2 Å². The molecule has 212 valence electrons. The first-order valence-electron chi connectivity index (χ1n) is 13.4. The fourth-order valence-electron chi connectivity index (χ4n) is 5.74. The molecule has 2 atom stereocenters. The van der Waals surface area contributed by atoms with Crippen molar-refractivity contribution in [2.75, 3.05) is 31.5 Å². The van der Waals surface area contributed by atoms with Gasteiger partial charge < -0.3 is 24.6 Å². The van der Waals surface area contributed by atoms with Crippen LogP contribution in [-0.4, -0.2) is 44.1 Å². The zero-order valence-corrected chi connectivity index (χ0v) is 23.2. The van der Waals surface area contributed by atoms with E-state index in [4.69, 9.17) is 14.2 Å². The van der Waals surface area contributed by atoms with Gasteiger partial charge in [-0.25, -0.2) is 0 Å². The first-order chi connectivity index (χ1) is 19.9. The molecule has 9 heteroatoms. The molecule has 3 aromatic carbocycles. The summed E-state index contributed by atoms with van der Waals surface area (Å²) in [7, 11) is 4.51. The molecule has 0 saturated carbocycles. The van der Waals surface area contributed by atoms with Gasteiger partial charge >= 0.3 is 5.97 Å². The highest BCUT2D eigenvalue weighted by Crippen LogP contribution is 2.50. The third kappa shape index (κ3) is 5.35. The van der Waals surface area contributed by atoms with Gasteiger partial charge in [0, 0.05) is 24.1 Å². The molecule has 0 radical (unpaired) electrons. The highest BCUT2D eigenvalue weighted by Gasteiger charge is 2.42. The van der Waals surface area contributed by atoms with Gasteiger partial charge in [0.1, 0.15) is 0 Å². The molecule has 0 aromatic heterocycles. The molecule has 41 heavy (non-hydrogen) atoms. The summed E-state index contributed by atoms with van der Waals surface area (Å²) in [5.41, 5.74) is 3.99. The number of allylic oxidation sites excluding steroid dienone is 1. The Kier molecular flexibility index (Phi) is 7.96. The summed E-state index contributed by atoms with van der Waals surface area (Å²) in [5, 5.41) is 12.8. The average molecular weight is 557 g/mol. The van der Waals surface area contributed by atoms with E-state index in [1.165, 1.54) is 26.2 Å². The Labute approximate surface area is 238 Å². The van der Waals surface area contributed by atoms with Crippen molar-refractivity contribution in [2.45, 2.75) is 37.6 Å². The number of fused-ring (bicyclic) bond motifs is 1. The van der Waals surface area contributed by atoms with Crippen molar-refractivity contribution in [3.05, 3.63) is 89.1 Å². The minimum Gasteiger partial charge on any atom is -0.493 e. The smallest absolute Gasteiger partial charge is 0.303 e. The molecular formula is C32H32N2O7. The Bertz CT molecular complexity index is 1490. The number of rotatable bonds is 8. The van der Waals surface area contributed by atoms with E-state index < -0.39 is 17.9 Å². The lowest BCUT2D eigenvalue weighted by Crippen LogP contribution is -2.38. The van der Waals surface area contributed by atoms with E-state index in [1.54, 1.807) is 18.2 Å². The SMILES string of the molecule is COc1cc([C@@H]2C3=C(C[C@@H](c4ccccc4)CC3=O)Nc3ccccc3N2C(=O)CCC(=O)O)cc(OC)c1OC. The lowest BCUT2D eigenvalue weighted by Gasteiger charge is -2.35. The normalized spacial score (nSPS) is 18.0. The summed E-state index contributed by atoms with van der Waals surface area (Å²) in [5.74, 6) is -0.527. The number of hydrogen-bond acceptors (Lipinski definition) is 7. The third-order valence-corrected chi connectivity index (χ3v) is 7.58. The van der Waals surface area contributed by atoms with Crippen LogP contribution in [0.2, 0.25) is 0 Å². The molecule has 0 fully saturated rings.